The van der Waals surface area contributed by atoms with Gasteiger partial charge in [0.1, 0.15) is 0 Å². The molecule has 1 fully saturated rings. The monoisotopic (exact) mass is 284 g/mol. The van der Waals surface area contributed by atoms with E-state index in [1.165, 1.54) is 50.8 Å². The maximum Gasteiger partial charge on any atom is 0.0302 e. The number of pyridine rings is 1. The SMILES string of the molecule is C=CN1CCC2(CC1)Cc1cnccc1C(CC(C)C)C2. The van der Waals surface area contributed by atoms with E-state index in [4.69, 9.17) is 0 Å². The topological polar surface area (TPSA) is 16.1 Å². The Balaban J connectivity index is 1.85. The highest BCUT2D eigenvalue weighted by molar-refractivity contribution is 5.32. The quantitative estimate of drug-likeness (QED) is 0.818. The van der Waals surface area contributed by atoms with E-state index >= 15 is 0 Å². The minimum Gasteiger partial charge on any atom is -0.378 e. The molecule has 3 rings (SSSR count). The third kappa shape index (κ3) is 3.00. The van der Waals surface area contributed by atoms with Crippen LogP contribution in [0.25, 0.3) is 0 Å². The molecule has 1 aliphatic carbocycles. The zero-order valence-electron chi connectivity index (χ0n) is 13.5. The molecule has 114 valence electrons. The first kappa shape index (κ1) is 14.6. The molecule has 2 heteroatoms. The van der Waals surface area contributed by atoms with Crippen molar-refractivity contribution >= 4 is 0 Å². The normalized spacial score (nSPS) is 24.1. The number of likely N-dealkylation sites (tertiary alicyclic amines) is 1. The van der Waals surface area contributed by atoms with Crippen molar-refractivity contribution in [1.82, 2.24) is 9.88 Å². The van der Waals surface area contributed by atoms with E-state index in [-0.39, 0.29) is 0 Å². The van der Waals surface area contributed by atoms with Gasteiger partial charge < -0.3 is 4.90 Å². The van der Waals surface area contributed by atoms with Gasteiger partial charge in [-0.05, 0) is 72.7 Å². The molecule has 0 radical (unpaired) electrons. The highest BCUT2D eigenvalue weighted by atomic mass is 15.1. The summed E-state index contributed by atoms with van der Waals surface area (Å²) in [6.07, 6.45) is 12.6. The van der Waals surface area contributed by atoms with Gasteiger partial charge >= 0.3 is 0 Å². The first-order valence-corrected chi connectivity index (χ1v) is 8.41. The first-order valence-electron chi connectivity index (χ1n) is 8.41. The van der Waals surface area contributed by atoms with E-state index < -0.39 is 0 Å². The van der Waals surface area contributed by atoms with Crippen molar-refractivity contribution in [2.45, 2.75) is 51.9 Å². The molecule has 1 saturated heterocycles. The van der Waals surface area contributed by atoms with Gasteiger partial charge in [0.2, 0.25) is 0 Å². The molecule has 0 N–H and O–H groups in total. The molecular formula is C19H28N2. The minimum atomic E-state index is 0.509. The van der Waals surface area contributed by atoms with Crippen LogP contribution < -0.4 is 0 Å². The highest BCUT2D eigenvalue weighted by Gasteiger charge is 2.40. The summed E-state index contributed by atoms with van der Waals surface area (Å²) < 4.78 is 0. The van der Waals surface area contributed by atoms with Gasteiger partial charge in [-0.25, -0.2) is 0 Å². The summed E-state index contributed by atoms with van der Waals surface area (Å²) >= 11 is 0. The first-order chi connectivity index (χ1) is 10.1. The predicted molar refractivity (Wildman–Crippen MR) is 88.2 cm³/mol. The van der Waals surface area contributed by atoms with Crippen LogP contribution in [0.1, 0.15) is 56.6 Å². The van der Waals surface area contributed by atoms with Gasteiger partial charge in [0.05, 0.1) is 0 Å². The number of piperidine rings is 1. The Bertz CT molecular complexity index is 498. The molecule has 0 amide bonds. The largest absolute Gasteiger partial charge is 0.378 e. The Morgan fingerprint density at radius 2 is 2.19 bits per heavy atom. The zero-order chi connectivity index (χ0) is 14.9. The summed E-state index contributed by atoms with van der Waals surface area (Å²) in [7, 11) is 0. The standard InChI is InChI=1S/C19H28N2/c1-4-21-9-6-19(7-10-21)12-16(11-15(2)3)18-5-8-20-14-17(18)13-19/h4-5,8,14-16H,1,6-7,9-13H2,2-3H3. The van der Waals surface area contributed by atoms with Gasteiger partial charge in [0.15, 0.2) is 0 Å². The molecule has 1 aromatic rings. The molecule has 0 saturated carbocycles. The van der Waals surface area contributed by atoms with Gasteiger partial charge in [-0.15, -0.1) is 0 Å². The van der Waals surface area contributed by atoms with Crippen molar-refractivity contribution in [2.75, 3.05) is 13.1 Å². The fraction of sp³-hybridized carbons (Fsp3) is 0.632. The predicted octanol–water partition coefficient (Wildman–Crippen LogP) is 4.38. The van der Waals surface area contributed by atoms with Crippen molar-refractivity contribution in [1.29, 1.82) is 0 Å². The maximum atomic E-state index is 4.39. The molecule has 2 heterocycles. The molecular weight excluding hydrogens is 256 g/mol. The summed E-state index contributed by atoms with van der Waals surface area (Å²) in [6.45, 7) is 11.0. The number of aromatic nitrogens is 1. The number of fused-ring (bicyclic) bond motifs is 1. The van der Waals surface area contributed by atoms with Crippen LogP contribution in [0.2, 0.25) is 0 Å². The van der Waals surface area contributed by atoms with E-state index in [0.717, 1.165) is 11.8 Å². The van der Waals surface area contributed by atoms with Crippen LogP contribution in [0, 0.1) is 11.3 Å². The van der Waals surface area contributed by atoms with E-state index in [9.17, 15) is 0 Å². The summed E-state index contributed by atoms with van der Waals surface area (Å²) in [5, 5.41) is 0. The van der Waals surface area contributed by atoms with Crippen molar-refractivity contribution in [2.24, 2.45) is 11.3 Å². The van der Waals surface area contributed by atoms with Gasteiger partial charge in [-0.3, -0.25) is 4.98 Å². The van der Waals surface area contributed by atoms with Crippen LogP contribution in [-0.2, 0) is 6.42 Å². The lowest BCUT2D eigenvalue weighted by Gasteiger charge is -2.47. The third-order valence-electron chi connectivity index (χ3n) is 5.50. The molecule has 1 aliphatic heterocycles. The van der Waals surface area contributed by atoms with Crippen molar-refractivity contribution in [3.8, 4) is 0 Å². The van der Waals surface area contributed by atoms with Gasteiger partial charge in [0, 0.05) is 25.5 Å². The lowest BCUT2D eigenvalue weighted by atomic mass is 9.62. The fourth-order valence-corrected chi connectivity index (χ4v) is 4.43. The zero-order valence-corrected chi connectivity index (χ0v) is 13.5. The molecule has 2 nitrogen and oxygen atoms in total. The van der Waals surface area contributed by atoms with Crippen molar-refractivity contribution < 1.29 is 0 Å². The van der Waals surface area contributed by atoms with E-state index in [2.05, 4.69) is 42.6 Å². The van der Waals surface area contributed by atoms with Crippen LogP contribution in [-0.4, -0.2) is 23.0 Å². The number of hydrogen-bond acceptors (Lipinski definition) is 2. The average Bonchev–Trinajstić information content (AvgIpc) is 2.47. The van der Waals surface area contributed by atoms with Gasteiger partial charge in [0.25, 0.3) is 0 Å². The van der Waals surface area contributed by atoms with Gasteiger partial charge in [-0.2, -0.15) is 0 Å². The Labute approximate surface area is 129 Å². The Kier molecular flexibility index (Phi) is 4.05. The molecule has 1 unspecified atom stereocenters. The molecule has 1 aromatic heterocycles. The average molecular weight is 284 g/mol. The van der Waals surface area contributed by atoms with E-state index in [1.54, 1.807) is 5.56 Å². The molecule has 21 heavy (non-hydrogen) atoms. The van der Waals surface area contributed by atoms with Crippen LogP contribution in [0.3, 0.4) is 0 Å². The third-order valence-corrected chi connectivity index (χ3v) is 5.50. The Hall–Kier alpha value is -1.31. The van der Waals surface area contributed by atoms with Crippen LogP contribution >= 0.6 is 0 Å². The van der Waals surface area contributed by atoms with E-state index in [1.807, 2.05) is 12.4 Å². The van der Waals surface area contributed by atoms with Crippen molar-refractivity contribution in [3.05, 3.63) is 42.4 Å². The van der Waals surface area contributed by atoms with Gasteiger partial charge in [-0.1, -0.05) is 20.4 Å². The second kappa shape index (κ2) is 5.82. The smallest absolute Gasteiger partial charge is 0.0302 e. The molecule has 1 spiro atoms. The summed E-state index contributed by atoms with van der Waals surface area (Å²) in [5.74, 6) is 1.49. The molecule has 2 aliphatic rings. The minimum absolute atomic E-state index is 0.509. The number of hydrogen-bond donors (Lipinski definition) is 0. The Morgan fingerprint density at radius 1 is 1.43 bits per heavy atom. The van der Waals surface area contributed by atoms with Crippen LogP contribution in [0.4, 0.5) is 0 Å². The lowest BCUT2D eigenvalue weighted by molar-refractivity contribution is 0.102. The highest BCUT2D eigenvalue weighted by Crippen LogP contribution is 2.49. The fourth-order valence-electron chi connectivity index (χ4n) is 4.43. The van der Waals surface area contributed by atoms with Crippen molar-refractivity contribution in [3.63, 3.8) is 0 Å². The summed E-state index contributed by atoms with van der Waals surface area (Å²) in [4.78, 5) is 6.77. The molecule has 0 aromatic carbocycles. The van der Waals surface area contributed by atoms with E-state index in [0.29, 0.717) is 5.41 Å². The van der Waals surface area contributed by atoms with Crippen LogP contribution in [0.15, 0.2) is 31.2 Å². The lowest BCUT2D eigenvalue weighted by Crippen LogP contribution is -2.42. The molecule has 0 bridgehead atoms. The molecule has 1 atom stereocenters. The summed E-state index contributed by atoms with van der Waals surface area (Å²) in [6, 6.07) is 2.27. The number of rotatable bonds is 3. The number of nitrogens with zero attached hydrogens (tertiary/aromatic N) is 2. The van der Waals surface area contributed by atoms with Crippen LogP contribution in [0.5, 0.6) is 0 Å². The Morgan fingerprint density at radius 3 is 2.86 bits per heavy atom. The maximum absolute atomic E-state index is 4.39. The second-order valence-corrected chi connectivity index (χ2v) is 7.50. The summed E-state index contributed by atoms with van der Waals surface area (Å²) in [5.41, 5.74) is 3.60. The second-order valence-electron chi connectivity index (χ2n) is 7.50.